The largest absolute Gasteiger partial charge is 0.349 e. The first-order chi connectivity index (χ1) is 4.29. The van der Waals surface area contributed by atoms with E-state index in [9.17, 15) is 4.79 Å². The lowest BCUT2D eigenvalue weighted by atomic mass is 10.3. The van der Waals surface area contributed by atoms with Crippen LogP contribution in [0.5, 0.6) is 0 Å². The summed E-state index contributed by atoms with van der Waals surface area (Å²) in [6.45, 7) is 2.37. The predicted octanol–water partition coefficient (Wildman–Crippen LogP) is -0.0344. The number of nitrogens with one attached hydrogen (secondary N) is 1. The minimum atomic E-state index is 0.0216. The van der Waals surface area contributed by atoms with Crippen LogP contribution >= 0.6 is 0 Å². The molecular formula is C6H10N2O. The van der Waals surface area contributed by atoms with Gasteiger partial charge in [0.25, 0.3) is 0 Å². The summed E-state index contributed by atoms with van der Waals surface area (Å²) in [7, 11) is 0. The molecule has 9 heavy (non-hydrogen) atoms. The number of aliphatic imine (C=N–C) groups is 1. The highest BCUT2D eigenvalue weighted by Crippen LogP contribution is 1.96. The summed E-state index contributed by atoms with van der Waals surface area (Å²) in [5, 5.41) is 2.75. The number of nitrogens with zero attached hydrogens (tertiary/aromatic N) is 1. The molecule has 0 bridgehead atoms. The minimum Gasteiger partial charge on any atom is -0.349 e. The molecule has 0 aliphatic carbocycles. The van der Waals surface area contributed by atoms with Crippen molar-refractivity contribution >= 4 is 12.1 Å². The second-order valence-corrected chi connectivity index (χ2v) is 2.15. The second-order valence-electron chi connectivity index (χ2n) is 2.15. The van der Waals surface area contributed by atoms with Crippen LogP contribution in [0.25, 0.3) is 0 Å². The monoisotopic (exact) mass is 126 g/mol. The zero-order valence-corrected chi connectivity index (χ0v) is 5.42. The van der Waals surface area contributed by atoms with Crippen molar-refractivity contribution in [2.24, 2.45) is 4.99 Å². The molecule has 1 aliphatic heterocycles. The SMILES string of the molecule is CC(=O)N[C@H]1C=NCC1. The molecule has 1 aliphatic rings. The summed E-state index contributed by atoms with van der Waals surface area (Å²) in [5.74, 6) is 0.0216. The van der Waals surface area contributed by atoms with E-state index in [1.54, 1.807) is 6.21 Å². The van der Waals surface area contributed by atoms with Gasteiger partial charge in [-0.05, 0) is 6.42 Å². The maximum absolute atomic E-state index is 10.4. The van der Waals surface area contributed by atoms with Crippen molar-refractivity contribution in [2.45, 2.75) is 19.4 Å². The molecule has 0 saturated carbocycles. The average molecular weight is 126 g/mol. The molecule has 1 amide bonds. The fraction of sp³-hybridized carbons (Fsp3) is 0.667. The molecule has 0 aromatic rings. The van der Waals surface area contributed by atoms with Crippen molar-refractivity contribution in [1.82, 2.24) is 5.32 Å². The topological polar surface area (TPSA) is 41.5 Å². The van der Waals surface area contributed by atoms with Crippen molar-refractivity contribution in [1.29, 1.82) is 0 Å². The lowest BCUT2D eigenvalue weighted by Crippen LogP contribution is -2.32. The summed E-state index contributed by atoms with van der Waals surface area (Å²) < 4.78 is 0. The van der Waals surface area contributed by atoms with Gasteiger partial charge in [-0.2, -0.15) is 0 Å². The van der Waals surface area contributed by atoms with Crippen molar-refractivity contribution < 1.29 is 4.79 Å². The third-order valence-electron chi connectivity index (χ3n) is 1.24. The Morgan fingerprint density at radius 2 is 2.67 bits per heavy atom. The minimum absolute atomic E-state index is 0.0216. The van der Waals surface area contributed by atoms with Gasteiger partial charge in [0.05, 0.1) is 6.04 Å². The maximum Gasteiger partial charge on any atom is 0.217 e. The summed E-state index contributed by atoms with van der Waals surface area (Å²) in [6.07, 6.45) is 2.75. The van der Waals surface area contributed by atoms with Crippen LogP contribution < -0.4 is 5.32 Å². The first kappa shape index (κ1) is 6.26. The van der Waals surface area contributed by atoms with Gasteiger partial charge in [0.2, 0.25) is 5.91 Å². The van der Waals surface area contributed by atoms with E-state index in [4.69, 9.17) is 0 Å². The molecule has 0 spiro atoms. The van der Waals surface area contributed by atoms with E-state index in [0.29, 0.717) is 0 Å². The van der Waals surface area contributed by atoms with E-state index >= 15 is 0 Å². The fourth-order valence-electron chi connectivity index (χ4n) is 0.860. The normalized spacial score (nSPS) is 24.3. The van der Waals surface area contributed by atoms with Gasteiger partial charge < -0.3 is 5.32 Å². The lowest BCUT2D eigenvalue weighted by molar-refractivity contribution is -0.119. The molecule has 0 fully saturated rings. The van der Waals surface area contributed by atoms with E-state index in [0.717, 1.165) is 13.0 Å². The van der Waals surface area contributed by atoms with E-state index in [-0.39, 0.29) is 11.9 Å². The van der Waals surface area contributed by atoms with E-state index in [1.165, 1.54) is 6.92 Å². The van der Waals surface area contributed by atoms with Gasteiger partial charge in [-0.1, -0.05) is 0 Å². The van der Waals surface area contributed by atoms with Gasteiger partial charge in [-0.15, -0.1) is 0 Å². The van der Waals surface area contributed by atoms with Crippen LogP contribution in [0, 0.1) is 0 Å². The van der Waals surface area contributed by atoms with Crippen molar-refractivity contribution in [3.8, 4) is 0 Å². The number of rotatable bonds is 1. The molecule has 50 valence electrons. The highest BCUT2D eigenvalue weighted by Gasteiger charge is 2.09. The quantitative estimate of drug-likeness (QED) is 0.526. The van der Waals surface area contributed by atoms with Crippen LogP contribution in [0.15, 0.2) is 4.99 Å². The summed E-state index contributed by atoms with van der Waals surface area (Å²) >= 11 is 0. The Balaban J connectivity index is 2.28. The number of carbonyl (C=O) groups excluding carboxylic acids is 1. The van der Waals surface area contributed by atoms with Gasteiger partial charge in [-0.3, -0.25) is 9.79 Å². The van der Waals surface area contributed by atoms with Crippen LogP contribution in [-0.2, 0) is 4.79 Å². The highest BCUT2D eigenvalue weighted by atomic mass is 16.1. The number of amides is 1. The predicted molar refractivity (Wildman–Crippen MR) is 35.6 cm³/mol. The first-order valence-corrected chi connectivity index (χ1v) is 3.06. The third-order valence-corrected chi connectivity index (χ3v) is 1.24. The summed E-state index contributed by atoms with van der Waals surface area (Å²) in [4.78, 5) is 14.4. The Morgan fingerprint density at radius 3 is 3.11 bits per heavy atom. The van der Waals surface area contributed by atoms with Crippen LogP contribution in [0.4, 0.5) is 0 Å². The Hall–Kier alpha value is -0.860. The van der Waals surface area contributed by atoms with Crippen LogP contribution in [0.3, 0.4) is 0 Å². The smallest absolute Gasteiger partial charge is 0.217 e. The Bertz CT molecular complexity index is 142. The molecule has 0 aromatic heterocycles. The molecule has 0 saturated heterocycles. The molecule has 1 N–H and O–H groups in total. The van der Waals surface area contributed by atoms with Gasteiger partial charge in [-0.25, -0.2) is 0 Å². The molecule has 3 nitrogen and oxygen atoms in total. The molecule has 0 aromatic carbocycles. The lowest BCUT2D eigenvalue weighted by Gasteiger charge is -2.04. The van der Waals surface area contributed by atoms with Crippen LogP contribution in [0.1, 0.15) is 13.3 Å². The van der Waals surface area contributed by atoms with Gasteiger partial charge in [0.15, 0.2) is 0 Å². The van der Waals surface area contributed by atoms with Gasteiger partial charge >= 0.3 is 0 Å². The first-order valence-electron chi connectivity index (χ1n) is 3.06. The standard InChI is InChI=1S/C6H10N2O/c1-5(9)8-6-2-3-7-4-6/h4,6H,2-3H2,1H3,(H,8,9)/t6-/m1/s1. The van der Waals surface area contributed by atoms with E-state index < -0.39 is 0 Å². The molecular weight excluding hydrogens is 116 g/mol. The number of hydrogen-bond donors (Lipinski definition) is 1. The zero-order chi connectivity index (χ0) is 6.69. The maximum atomic E-state index is 10.4. The van der Waals surface area contributed by atoms with Crippen molar-refractivity contribution in [2.75, 3.05) is 6.54 Å². The van der Waals surface area contributed by atoms with Crippen molar-refractivity contribution in [3.05, 3.63) is 0 Å². The fourth-order valence-corrected chi connectivity index (χ4v) is 0.860. The Morgan fingerprint density at radius 1 is 1.89 bits per heavy atom. The average Bonchev–Trinajstić information content (AvgIpc) is 2.15. The molecule has 0 radical (unpaired) electrons. The number of carbonyl (C=O) groups is 1. The van der Waals surface area contributed by atoms with E-state index in [1.807, 2.05) is 0 Å². The molecule has 1 atom stereocenters. The summed E-state index contributed by atoms with van der Waals surface area (Å²) in [6, 6.07) is 0.197. The van der Waals surface area contributed by atoms with E-state index in [2.05, 4.69) is 10.3 Å². The third kappa shape index (κ3) is 1.83. The molecule has 0 unspecified atom stereocenters. The molecule has 3 heteroatoms. The van der Waals surface area contributed by atoms with Crippen LogP contribution in [-0.4, -0.2) is 24.7 Å². The Labute approximate surface area is 54.2 Å². The summed E-state index contributed by atoms with van der Waals surface area (Å²) in [5.41, 5.74) is 0. The van der Waals surface area contributed by atoms with Crippen molar-refractivity contribution in [3.63, 3.8) is 0 Å². The second kappa shape index (κ2) is 2.62. The zero-order valence-electron chi connectivity index (χ0n) is 5.42. The highest BCUT2D eigenvalue weighted by molar-refractivity contribution is 5.79. The van der Waals surface area contributed by atoms with Gasteiger partial charge in [0.1, 0.15) is 0 Å². The van der Waals surface area contributed by atoms with Crippen LogP contribution in [0.2, 0.25) is 0 Å². The van der Waals surface area contributed by atoms with Gasteiger partial charge in [0, 0.05) is 19.7 Å². The Kier molecular flexibility index (Phi) is 1.82. The molecule has 1 heterocycles. The number of hydrogen-bond acceptors (Lipinski definition) is 2. The molecule has 1 rings (SSSR count).